The fourth-order valence-electron chi connectivity index (χ4n) is 4.46. The van der Waals surface area contributed by atoms with E-state index in [-0.39, 0.29) is 11.9 Å². The van der Waals surface area contributed by atoms with Crippen molar-refractivity contribution in [2.45, 2.75) is 58.0 Å². The Labute approximate surface area is 174 Å². The summed E-state index contributed by atoms with van der Waals surface area (Å²) < 4.78 is 2.28. The quantitative estimate of drug-likeness (QED) is 0.645. The first kappa shape index (κ1) is 18.5. The Balaban J connectivity index is 1.44. The summed E-state index contributed by atoms with van der Waals surface area (Å²) in [5, 5.41) is 9.89. The Kier molecular flexibility index (Phi) is 4.91. The molecule has 0 N–H and O–H groups in total. The molecule has 0 aliphatic carbocycles. The number of aromatic nitrogens is 4. The van der Waals surface area contributed by atoms with Gasteiger partial charge in [-0.05, 0) is 32.6 Å². The Morgan fingerprint density at radius 2 is 1.93 bits per heavy atom. The highest BCUT2D eigenvalue weighted by atomic mass is 32.1. The summed E-state index contributed by atoms with van der Waals surface area (Å²) >= 11 is 1.49. The van der Waals surface area contributed by atoms with Crippen LogP contribution < -0.4 is 0 Å². The molecule has 1 atom stereocenters. The number of likely N-dealkylation sites (tertiary alicyclic amines) is 1. The van der Waals surface area contributed by atoms with Gasteiger partial charge in [0.2, 0.25) is 0 Å². The van der Waals surface area contributed by atoms with E-state index < -0.39 is 0 Å². The predicted molar refractivity (Wildman–Crippen MR) is 113 cm³/mol. The van der Waals surface area contributed by atoms with Crippen LogP contribution in [0, 0.1) is 6.92 Å². The molecule has 1 fully saturated rings. The summed E-state index contributed by atoms with van der Waals surface area (Å²) in [6, 6.07) is 10.1. The number of hydrogen-bond donors (Lipinski definition) is 0. The van der Waals surface area contributed by atoms with E-state index in [0.29, 0.717) is 0 Å². The third-order valence-electron chi connectivity index (χ3n) is 5.96. The van der Waals surface area contributed by atoms with E-state index in [1.54, 1.807) is 0 Å². The highest BCUT2D eigenvalue weighted by Gasteiger charge is 2.36. The molecule has 0 spiro atoms. The zero-order chi connectivity index (χ0) is 19.8. The Bertz CT molecular complexity index is 1030. The minimum atomic E-state index is 0.0172. The van der Waals surface area contributed by atoms with E-state index in [1.165, 1.54) is 24.2 Å². The van der Waals surface area contributed by atoms with Crippen molar-refractivity contribution in [1.82, 2.24) is 24.6 Å². The van der Waals surface area contributed by atoms with Crippen molar-refractivity contribution in [3.05, 3.63) is 52.6 Å². The van der Waals surface area contributed by atoms with Crippen LogP contribution in [0.4, 0.5) is 0 Å². The SMILES string of the molecule is Cc1nc(-c2ccccc2)sc1C(=O)N1CCCC1c1nnc2n1CCCCC2. The second-order valence-electron chi connectivity index (χ2n) is 7.89. The van der Waals surface area contributed by atoms with Crippen LogP contribution in [0.2, 0.25) is 0 Å². The lowest BCUT2D eigenvalue weighted by Gasteiger charge is -2.24. The van der Waals surface area contributed by atoms with E-state index in [9.17, 15) is 4.79 Å². The smallest absolute Gasteiger partial charge is 0.266 e. The van der Waals surface area contributed by atoms with E-state index in [2.05, 4.69) is 19.7 Å². The van der Waals surface area contributed by atoms with Gasteiger partial charge in [-0.1, -0.05) is 36.8 Å². The molecule has 0 bridgehead atoms. The van der Waals surface area contributed by atoms with Gasteiger partial charge in [0.25, 0.3) is 5.91 Å². The molecule has 1 aromatic carbocycles. The monoisotopic (exact) mass is 407 g/mol. The number of benzene rings is 1. The molecule has 6 nitrogen and oxygen atoms in total. The molecule has 0 radical (unpaired) electrons. The Morgan fingerprint density at radius 1 is 1.07 bits per heavy atom. The van der Waals surface area contributed by atoms with Crippen LogP contribution in [0.3, 0.4) is 0 Å². The zero-order valence-corrected chi connectivity index (χ0v) is 17.5. The molecule has 1 saturated heterocycles. The van der Waals surface area contributed by atoms with Gasteiger partial charge in [-0.15, -0.1) is 21.5 Å². The summed E-state index contributed by atoms with van der Waals surface area (Å²) in [6.45, 7) is 3.67. The lowest BCUT2D eigenvalue weighted by atomic mass is 10.2. The van der Waals surface area contributed by atoms with Crippen LogP contribution in [-0.2, 0) is 13.0 Å². The molecule has 4 heterocycles. The molecule has 2 aromatic heterocycles. The fourth-order valence-corrected chi connectivity index (χ4v) is 5.49. The summed E-state index contributed by atoms with van der Waals surface area (Å²) in [4.78, 5) is 20.9. The summed E-state index contributed by atoms with van der Waals surface area (Å²) in [6.07, 6.45) is 6.51. The van der Waals surface area contributed by atoms with E-state index >= 15 is 0 Å². The summed E-state index contributed by atoms with van der Waals surface area (Å²) in [5.41, 5.74) is 1.87. The van der Waals surface area contributed by atoms with Gasteiger partial charge in [-0.25, -0.2) is 4.98 Å². The van der Waals surface area contributed by atoms with Gasteiger partial charge in [-0.2, -0.15) is 0 Å². The average Bonchev–Trinajstić information content (AvgIpc) is 3.43. The third-order valence-corrected chi connectivity index (χ3v) is 7.16. The number of hydrogen-bond acceptors (Lipinski definition) is 5. The van der Waals surface area contributed by atoms with E-state index in [4.69, 9.17) is 0 Å². The first-order chi connectivity index (χ1) is 14.2. The van der Waals surface area contributed by atoms with Crippen molar-refractivity contribution in [2.24, 2.45) is 0 Å². The molecular weight excluding hydrogens is 382 g/mol. The predicted octanol–water partition coefficient (Wildman–Crippen LogP) is 4.41. The lowest BCUT2D eigenvalue weighted by Crippen LogP contribution is -2.32. The number of fused-ring (bicyclic) bond motifs is 1. The van der Waals surface area contributed by atoms with Crippen molar-refractivity contribution >= 4 is 17.2 Å². The first-order valence-corrected chi connectivity index (χ1v) is 11.3. The maximum Gasteiger partial charge on any atom is 0.266 e. The highest BCUT2D eigenvalue weighted by molar-refractivity contribution is 7.17. The maximum atomic E-state index is 13.5. The standard InChI is InChI=1S/C22H25N5OS/c1-15-19(29-21(23-15)16-9-4-2-5-10-16)22(28)26-14-8-11-17(26)20-25-24-18-12-6-3-7-13-27(18)20/h2,4-5,9-10,17H,3,6-8,11-14H2,1H3. The largest absolute Gasteiger partial charge is 0.328 e. The third kappa shape index (κ3) is 3.37. The number of aryl methyl sites for hydroxylation is 2. The maximum absolute atomic E-state index is 13.5. The van der Waals surface area contributed by atoms with Crippen LogP contribution in [0.1, 0.15) is 65.2 Å². The number of rotatable bonds is 3. The topological polar surface area (TPSA) is 63.9 Å². The van der Waals surface area contributed by atoms with Crippen LogP contribution in [0.25, 0.3) is 10.6 Å². The zero-order valence-electron chi connectivity index (χ0n) is 16.7. The van der Waals surface area contributed by atoms with Crippen molar-refractivity contribution in [1.29, 1.82) is 0 Å². The van der Waals surface area contributed by atoms with Gasteiger partial charge in [0.05, 0.1) is 11.7 Å². The van der Waals surface area contributed by atoms with Gasteiger partial charge in [0.15, 0.2) is 5.82 Å². The van der Waals surface area contributed by atoms with Crippen LogP contribution >= 0.6 is 11.3 Å². The van der Waals surface area contributed by atoms with Gasteiger partial charge in [0.1, 0.15) is 15.7 Å². The van der Waals surface area contributed by atoms with Crippen LogP contribution in [-0.4, -0.2) is 37.1 Å². The number of thiazole rings is 1. The second kappa shape index (κ2) is 7.71. The number of amides is 1. The number of carbonyl (C=O) groups is 1. The molecule has 150 valence electrons. The van der Waals surface area contributed by atoms with Gasteiger partial charge < -0.3 is 9.47 Å². The molecule has 1 amide bonds. The highest BCUT2D eigenvalue weighted by Crippen LogP contribution is 2.36. The Morgan fingerprint density at radius 3 is 2.79 bits per heavy atom. The molecule has 3 aromatic rings. The van der Waals surface area contributed by atoms with Crippen LogP contribution in [0.15, 0.2) is 30.3 Å². The molecule has 2 aliphatic heterocycles. The Hall–Kier alpha value is -2.54. The van der Waals surface area contributed by atoms with Crippen molar-refractivity contribution < 1.29 is 4.79 Å². The lowest BCUT2D eigenvalue weighted by molar-refractivity contribution is 0.0731. The number of carbonyl (C=O) groups excluding carboxylic acids is 1. The molecule has 7 heteroatoms. The molecule has 2 aliphatic rings. The molecule has 1 unspecified atom stereocenters. The fraction of sp³-hybridized carbons (Fsp3) is 0.455. The second-order valence-corrected chi connectivity index (χ2v) is 8.89. The average molecular weight is 408 g/mol. The van der Waals surface area contributed by atoms with Gasteiger partial charge in [0, 0.05) is 25.1 Å². The molecule has 29 heavy (non-hydrogen) atoms. The van der Waals surface area contributed by atoms with Crippen molar-refractivity contribution in [3.63, 3.8) is 0 Å². The van der Waals surface area contributed by atoms with E-state index in [1.807, 2.05) is 42.2 Å². The number of nitrogens with zero attached hydrogens (tertiary/aromatic N) is 5. The van der Waals surface area contributed by atoms with Crippen molar-refractivity contribution in [3.8, 4) is 10.6 Å². The molecular formula is C22H25N5OS. The van der Waals surface area contributed by atoms with Gasteiger partial charge in [-0.3, -0.25) is 4.79 Å². The summed E-state index contributed by atoms with van der Waals surface area (Å²) in [7, 11) is 0. The minimum absolute atomic E-state index is 0.0172. The normalized spacial score (nSPS) is 19.2. The van der Waals surface area contributed by atoms with Crippen molar-refractivity contribution in [2.75, 3.05) is 6.54 Å². The molecule has 5 rings (SSSR count). The van der Waals surface area contributed by atoms with Crippen LogP contribution in [0.5, 0.6) is 0 Å². The summed E-state index contributed by atoms with van der Waals surface area (Å²) in [5.74, 6) is 2.13. The minimum Gasteiger partial charge on any atom is -0.328 e. The first-order valence-electron chi connectivity index (χ1n) is 10.5. The molecule has 0 saturated carbocycles. The van der Waals surface area contributed by atoms with E-state index in [0.717, 1.165) is 71.6 Å². The van der Waals surface area contributed by atoms with Gasteiger partial charge >= 0.3 is 0 Å².